The van der Waals surface area contributed by atoms with Crippen LogP contribution in [0.5, 0.6) is 0 Å². The fourth-order valence-corrected chi connectivity index (χ4v) is 9.85. The Morgan fingerprint density at radius 3 is 0.985 bits per heavy atom. The number of rotatable bonds is 8. The van der Waals surface area contributed by atoms with Gasteiger partial charge in [0.05, 0.1) is 44.5 Å². The van der Waals surface area contributed by atoms with Crippen LogP contribution in [0.25, 0.3) is 112 Å². The van der Waals surface area contributed by atoms with Crippen LogP contribution in [0.1, 0.15) is 22.3 Å². The fourth-order valence-electron chi connectivity index (χ4n) is 9.85. The molecule has 6 heteroatoms. The van der Waals surface area contributed by atoms with Crippen molar-refractivity contribution in [2.45, 2.75) is 27.7 Å². The van der Waals surface area contributed by atoms with Gasteiger partial charge in [-0.1, -0.05) is 133 Å². The van der Waals surface area contributed by atoms with Crippen molar-refractivity contribution in [1.82, 2.24) is 29.1 Å². The van der Waals surface area contributed by atoms with E-state index in [1.54, 1.807) is 0 Å². The Morgan fingerprint density at radius 2 is 0.588 bits per heavy atom. The van der Waals surface area contributed by atoms with Gasteiger partial charge in [-0.25, -0.2) is 19.9 Å². The first-order valence-corrected chi connectivity index (χ1v) is 23.1. The summed E-state index contributed by atoms with van der Waals surface area (Å²) in [4.78, 5) is 21.0. The minimum Gasteiger partial charge on any atom is -0.292 e. The van der Waals surface area contributed by atoms with E-state index in [-0.39, 0.29) is 0 Å². The third-order valence-corrected chi connectivity index (χ3v) is 13.3. The summed E-state index contributed by atoms with van der Waals surface area (Å²) in [5.74, 6) is 1.84. The second-order valence-corrected chi connectivity index (χ2v) is 17.7. The average Bonchev–Trinajstić information content (AvgIpc) is 3.98. The van der Waals surface area contributed by atoms with Crippen molar-refractivity contribution >= 4 is 33.1 Å². The van der Waals surface area contributed by atoms with Crippen LogP contribution in [-0.4, -0.2) is 29.1 Å². The number of aromatic nitrogens is 6. The molecule has 3 heterocycles. The highest BCUT2D eigenvalue weighted by molar-refractivity contribution is 5.91. The molecule has 324 valence electrons. The monoisotopic (exact) mass is 874 g/mol. The van der Waals surface area contributed by atoms with E-state index in [1.165, 1.54) is 22.3 Å². The maximum atomic E-state index is 5.38. The normalized spacial score (nSPS) is 11.5. The van der Waals surface area contributed by atoms with E-state index in [1.807, 2.05) is 36.4 Å². The SMILES string of the molecule is Cc1cc(-c2nc3ccccc3nc2-c2cc(C)c(-c3ccc(-c4nc5ccccc5n4-c4ccccc4)cc3)cc2C)c(C)cc1-c1ccc(-c2nc3ccccc3n2-c2ccccc2)cc1. The Kier molecular flexibility index (Phi) is 9.95. The molecule has 0 aliphatic rings. The van der Waals surface area contributed by atoms with Crippen LogP contribution in [0.4, 0.5) is 0 Å². The molecule has 3 aromatic heterocycles. The fraction of sp³-hybridized carbons (Fsp3) is 0.0645. The number of fused-ring (bicyclic) bond motifs is 3. The lowest BCUT2D eigenvalue weighted by atomic mass is 9.89. The van der Waals surface area contributed by atoms with Gasteiger partial charge in [-0.15, -0.1) is 0 Å². The number of para-hydroxylation sites is 8. The molecular weight excluding hydrogens is 829 g/mol. The molecule has 9 aromatic carbocycles. The van der Waals surface area contributed by atoms with Crippen molar-refractivity contribution < 1.29 is 0 Å². The molecule has 12 rings (SSSR count). The molecule has 0 saturated heterocycles. The van der Waals surface area contributed by atoms with Crippen LogP contribution >= 0.6 is 0 Å². The lowest BCUT2D eigenvalue weighted by Crippen LogP contribution is -2.00. The highest BCUT2D eigenvalue weighted by Gasteiger charge is 2.21. The minimum absolute atomic E-state index is 0.872. The molecule has 0 spiro atoms. The van der Waals surface area contributed by atoms with Gasteiger partial charge in [0.2, 0.25) is 0 Å². The highest BCUT2D eigenvalue weighted by Crippen LogP contribution is 2.40. The molecule has 0 atom stereocenters. The molecule has 6 nitrogen and oxygen atoms in total. The molecule has 0 saturated carbocycles. The molecule has 0 N–H and O–H groups in total. The summed E-state index contributed by atoms with van der Waals surface area (Å²) >= 11 is 0. The second kappa shape index (κ2) is 16.6. The zero-order chi connectivity index (χ0) is 45.9. The van der Waals surface area contributed by atoms with E-state index >= 15 is 0 Å². The van der Waals surface area contributed by atoms with Crippen LogP contribution in [-0.2, 0) is 0 Å². The summed E-state index contributed by atoms with van der Waals surface area (Å²) < 4.78 is 4.49. The number of hydrogen-bond acceptors (Lipinski definition) is 4. The molecule has 12 aromatic rings. The van der Waals surface area contributed by atoms with Gasteiger partial charge in [0.15, 0.2) is 0 Å². The van der Waals surface area contributed by atoms with E-state index < -0.39 is 0 Å². The third kappa shape index (κ3) is 7.06. The van der Waals surface area contributed by atoms with Crippen LogP contribution < -0.4 is 0 Å². The van der Waals surface area contributed by atoms with Crippen LogP contribution in [0, 0.1) is 27.7 Å². The summed E-state index contributed by atoms with van der Waals surface area (Å²) in [6.07, 6.45) is 0. The molecule has 0 radical (unpaired) electrons. The molecule has 0 aliphatic carbocycles. The Bertz CT molecular complexity index is 3610. The Morgan fingerprint density at radius 1 is 0.279 bits per heavy atom. The summed E-state index contributed by atoms with van der Waals surface area (Å²) in [5, 5.41) is 0. The number of nitrogens with zero attached hydrogens (tertiary/aromatic N) is 6. The quantitative estimate of drug-likeness (QED) is 0.153. The molecule has 0 fully saturated rings. The van der Waals surface area contributed by atoms with Crippen molar-refractivity contribution in [3.8, 4) is 78.9 Å². The van der Waals surface area contributed by atoms with E-state index in [9.17, 15) is 0 Å². The minimum atomic E-state index is 0.872. The first-order chi connectivity index (χ1) is 33.4. The van der Waals surface area contributed by atoms with Crippen molar-refractivity contribution in [2.24, 2.45) is 0 Å². The summed E-state index contributed by atoms with van der Waals surface area (Å²) in [6, 6.07) is 72.6. The number of hydrogen-bond donors (Lipinski definition) is 0. The van der Waals surface area contributed by atoms with Gasteiger partial charge >= 0.3 is 0 Å². The van der Waals surface area contributed by atoms with Gasteiger partial charge in [0.25, 0.3) is 0 Å². The standard InChI is InChI=1S/C62H46N6/c1-39-37-51(41(3)35-49(39)43-27-31-45(32-28-43)61-65-55-23-13-15-25-57(55)67(61)47-17-7-5-8-18-47)59-60(64-54-22-12-11-21-53(54)63-59)52-38-40(2)50(36-42(52)4)44-29-33-46(34-30-44)62-66-56-24-14-16-26-58(56)68(62)48-19-9-6-10-20-48/h5-38H,1-4H3. The first-order valence-electron chi connectivity index (χ1n) is 23.1. The summed E-state index contributed by atoms with van der Waals surface area (Å²) in [7, 11) is 0. The van der Waals surface area contributed by atoms with Gasteiger partial charge in [-0.2, -0.15) is 0 Å². The van der Waals surface area contributed by atoms with E-state index in [0.717, 1.165) is 112 Å². The maximum Gasteiger partial charge on any atom is 0.145 e. The van der Waals surface area contributed by atoms with Crippen molar-refractivity contribution in [1.29, 1.82) is 0 Å². The molecule has 0 unspecified atom stereocenters. The van der Waals surface area contributed by atoms with Gasteiger partial charge < -0.3 is 0 Å². The zero-order valence-corrected chi connectivity index (χ0v) is 38.3. The molecule has 68 heavy (non-hydrogen) atoms. The Labute approximate surface area is 395 Å². The third-order valence-electron chi connectivity index (χ3n) is 13.3. The van der Waals surface area contributed by atoms with Crippen molar-refractivity contribution in [3.63, 3.8) is 0 Å². The van der Waals surface area contributed by atoms with Gasteiger partial charge in [0.1, 0.15) is 11.6 Å². The number of imidazole rings is 2. The Balaban J connectivity index is 0.895. The van der Waals surface area contributed by atoms with E-state index in [0.29, 0.717) is 0 Å². The molecule has 0 bridgehead atoms. The topological polar surface area (TPSA) is 61.4 Å². The van der Waals surface area contributed by atoms with Crippen LogP contribution in [0.3, 0.4) is 0 Å². The second-order valence-electron chi connectivity index (χ2n) is 17.7. The van der Waals surface area contributed by atoms with Gasteiger partial charge in [-0.05, 0) is 145 Å². The smallest absolute Gasteiger partial charge is 0.145 e. The first kappa shape index (κ1) is 40.7. The zero-order valence-electron chi connectivity index (χ0n) is 38.3. The summed E-state index contributed by atoms with van der Waals surface area (Å²) in [6.45, 7) is 8.77. The predicted octanol–water partition coefficient (Wildman–Crippen LogP) is 15.5. The molecular formula is C62H46N6. The lowest BCUT2D eigenvalue weighted by molar-refractivity contribution is 1.10. The van der Waals surface area contributed by atoms with E-state index in [2.05, 4.69) is 207 Å². The predicted molar refractivity (Wildman–Crippen MR) is 280 cm³/mol. The number of aryl methyl sites for hydroxylation is 4. The largest absolute Gasteiger partial charge is 0.292 e. The van der Waals surface area contributed by atoms with Gasteiger partial charge in [-0.3, -0.25) is 9.13 Å². The maximum absolute atomic E-state index is 5.38. The van der Waals surface area contributed by atoms with Crippen LogP contribution in [0.15, 0.2) is 206 Å². The van der Waals surface area contributed by atoms with E-state index in [4.69, 9.17) is 19.9 Å². The highest BCUT2D eigenvalue weighted by atomic mass is 15.1. The molecule has 0 aliphatic heterocycles. The number of benzene rings is 9. The van der Waals surface area contributed by atoms with Gasteiger partial charge in [0, 0.05) is 33.6 Å². The molecule has 0 amide bonds. The van der Waals surface area contributed by atoms with Crippen molar-refractivity contribution in [2.75, 3.05) is 0 Å². The lowest BCUT2D eigenvalue weighted by Gasteiger charge is -2.18. The van der Waals surface area contributed by atoms with Crippen molar-refractivity contribution in [3.05, 3.63) is 229 Å². The Hall–Kier alpha value is -8.74. The van der Waals surface area contributed by atoms with Crippen LogP contribution in [0.2, 0.25) is 0 Å². The summed E-state index contributed by atoms with van der Waals surface area (Å²) in [5.41, 5.74) is 23.3. The average molecular weight is 875 g/mol.